The highest BCUT2D eigenvalue weighted by Crippen LogP contribution is 2.28. The minimum atomic E-state index is 0.652. The minimum absolute atomic E-state index is 0.652. The third kappa shape index (κ3) is 2.66. The highest BCUT2D eigenvalue weighted by Gasteiger charge is 2.08. The van der Waals surface area contributed by atoms with Crippen molar-refractivity contribution in [1.29, 1.82) is 0 Å². The van der Waals surface area contributed by atoms with E-state index in [2.05, 4.69) is 36.2 Å². The standard InChI is InChI=1S/C20H17NO2/c1-2-11-22-17-10-9-14-12-16(8-7-15(14)13-17)20-21-18-5-3-4-6-19(18)23-20/h3-10,12-13H,2,11H2,1H3. The van der Waals surface area contributed by atoms with Gasteiger partial charge in [-0.1, -0.05) is 31.2 Å². The molecule has 0 saturated heterocycles. The Morgan fingerprint density at radius 2 is 1.78 bits per heavy atom. The predicted octanol–water partition coefficient (Wildman–Crippen LogP) is 5.44. The molecule has 0 amide bonds. The first kappa shape index (κ1) is 13.8. The summed E-state index contributed by atoms with van der Waals surface area (Å²) in [7, 11) is 0. The first-order chi connectivity index (χ1) is 11.3. The second-order valence-corrected chi connectivity index (χ2v) is 5.56. The lowest BCUT2D eigenvalue weighted by Gasteiger charge is -2.06. The number of ether oxygens (including phenoxy) is 1. The van der Waals surface area contributed by atoms with Gasteiger partial charge in [0.15, 0.2) is 5.58 Å². The molecule has 0 bridgehead atoms. The van der Waals surface area contributed by atoms with Gasteiger partial charge in [-0.05, 0) is 53.6 Å². The minimum Gasteiger partial charge on any atom is -0.494 e. The molecule has 0 fully saturated rings. The Labute approximate surface area is 134 Å². The third-order valence-electron chi connectivity index (χ3n) is 3.83. The number of rotatable bonds is 4. The van der Waals surface area contributed by atoms with Crippen molar-refractivity contribution in [3.8, 4) is 17.2 Å². The molecular weight excluding hydrogens is 286 g/mol. The van der Waals surface area contributed by atoms with Gasteiger partial charge in [0, 0.05) is 5.56 Å². The molecule has 0 aliphatic rings. The molecule has 0 radical (unpaired) electrons. The molecule has 0 N–H and O–H groups in total. The van der Waals surface area contributed by atoms with E-state index in [1.807, 2.05) is 36.4 Å². The first-order valence-electron chi connectivity index (χ1n) is 7.86. The first-order valence-corrected chi connectivity index (χ1v) is 7.86. The van der Waals surface area contributed by atoms with Crippen molar-refractivity contribution in [2.45, 2.75) is 13.3 Å². The van der Waals surface area contributed by atoms with Crippen LogP contribution in [0.3, 0.4) is 0 Å². The molecule has 3 nitrogen and oxygen atoms in total. The molecule has 3 aromatic carbocycles. The normalized spacial score (nSPS) is 11.2. The molecule has 4 aromatic rings. The Balaban J connectivity index is 1.73. The van der Waals surface area contributed by atoms with Gasteiger partial charge < -0.3 is 9.15 Å². The lowest BCUT2D eigenvalue weighted by Crippen LogP contribution is -1.94. The van der Waals surface area contributed by atoms with Crippen molar-refractivity contribution in [3.63, 3.8) is 0 Å². The monoisotopic (exact) mass is 303 g/mol. The number of oxazole rings is 1. The largest absolute Gasteiger partial charge is 0.494 e. The molecular formula is C20H17NO2. The van der Waals surface area contributed by atoms with Crippen LogP contribution >= 0.6 is 0 Å². The number of fused-ring (bicyclic) bond motifs is 2. The zero-order chi connectivity index (χ0) is 15.6. The summed E-state index contributed by atoms with van der Waals surface area (Å²) in [4.78, 5) is 4.56. The summed E-state index contributed by atoms with van der Waals surface area (Å²) in [5.41, 5.74) is 2.67. The van der Waals surface area contributed by atoms with Gasteiger partial charge in [0.05, 0.1) is 6.61 Å². The zero-order valence-corrected chi connectivity index (χ0v) is 13.0. The summed E-state index contributed by atoms with van der Waals surface area (Å²) in [5.74, 6) is 1.56. The smallest absolute Gasteiger partial charge is 0.227 e. The molecule has 0 aliphatic carbocycles. The number of aromatic nitrogens is 1. The van der Waals surface area contributed by atoms with E-state index < -0.39 is 0 Å². The Hall–Kier alpha value is -2.81. The summed E-state index contributed by atoms with van der Waals surface area (Å²) >= 11 is 0. The van der Waals surface area contributed by atoms with E-state index in [-0.39, 0.29) is 0 Å². The van der Waals surface area contributed by atoms with Gasteiger partial charge in [0.1, 0.15) is 11.3 Å². The number of hydrogen-bond acceptors (Lipinski definition) is 3. The van der Waals surface area contributed by atoms with Crippen LogP contribution in [0.5, 0.6) is 5.75 Å². The molecule has 0 aliphatic heterocycles. The quantitative estimate of drug-likeness (QED) is 0.504. The summed E-state index contributed by atoms with van der Waals surface area (Å²) in [6.45, 7) is 2.85. The molecule has 1 heterocycles. The van der Waals surface area contributed by atoms with Gasteiger partial charge in [0.2, 0.25) is 5.89 Å². The van der Waals surface area contributed by atoms with E-state index in [9.17, 15) is 0 Å². The number of nitrogens with zero attached hydrogens (tertiary/aromatic N) is 1. The van der Waals surface area contributed by atoms with E-state index in [1.54, 1.807) is 0 Å². The van der Waals surface area contributed by atoms with Gasteiger partial charge in [-0.2, -0.15) is 0 Å². The van der Waals surface area contributed by atoms with Gasteiger partial charge in [-0.3, -0.25) is 0 Å². The zero-order valence-electron chi connectivity index (χ0n) is 13.0. The fourth-order valence-electron chi connectivity index (χ4n) is 2.66. The van der Waals surface area contributed by atoms with Crippen molar-refractivity contribution in [2.75, 3.05) is 6.61 Å². The number of hydrogen-bond donors (Lipinski definition) is 0. The van der Waals surface area contributed by atoms with Crippen LogP contribution in [-0.2, 0) is 0 Å². The molecule has 1 aromatic heterocycles. The maximum Gasteiger partial charge on any atom is 0.227 e. The highest BCUT2D eigenvalue weighted by molar-refractivity contribution is 5.88. The Kier molecular flexibility index (Phi) is 3.46. The average Bonchev–Trinajstić information content (AvgIpc) is 3.03. The molecule has 3 heteroatoms. The Bertz CT molecular complexity index is 939. The topological polar surface area (TPSA) is 35.3 Å². The van der Waals surface area contributed by atoms with E-state index in [0.717, 1.165) is 46.2 Å². The van der Waals surface area contributed by atoms with Crippen molar-refractivity contribution < 1.29 is 9.15 Å². The van der Waals surface area contributed by atoms with Crippen LogP contribution in [-0.4, -0.2) is 11.6 Å². The average molecular weight is 303 g/mol. The molecule has 114 valence electrons. The van der Waals surface area contributed by atoms with Crippen LogP contribution in [0.1, 0.15) is 13.3 Å². The molecule has 23 heavy (non-hydrogen) atoms. The lowest BCUT2D eigenvalue weighted by molar-refractivity contribution is 0.318. The fourth-order valence-corrected chi connectivity index (χ4v) is 2.66. The number of benzene rings is 3. The van der Waals surface area contributed by atoms with Crippen LogP contribution in [0.15, 0.2) is 65.1 Å². The van der Waals surface area contributed by atoms with Crippen molar-refractivity contribution in [1.82, 2.24) is 4.98 Å². The van der Waals surface area contributed by atoms with E-state index in [1.165, 1.54) is 0 Å². The third-order valence-corrected chi connectivity index (χ3v) is 3.83. The Morgan fingerprint density at radius 1 is 0.957 bits per heavy atom. The van der Waals surface area contributed by atoms with E-state index >= 15 is 0 Å². The maximum absolute atomic E-state index is 5.84. The van der Waals surface area contributed by atoms with Crippen LogP contribution < -0.4 is 4.74 Å². The molecule has 0 spiro atoms. The number of para-hydroxylation sites is 2. The van der Waals surface area contributed by atoms with Crippen LogP contribution in [0.25, 0.3) is 33.3 Å². The second kappa shape index (κ2) is 5.76. The van der Waals surface area contributed by atoms with Gasteiger partial charge in [-0.15, -0.1) is 0 Å². The van der Waals surface area contributed by atoms with Crippen LogP contribution in [0.4, 0.5) is 0 Å². The van der Waals surface area contributed by atoms with Crippen LogP contribution in [0.2, 0.25) is 0 Å². The molecule has 0 atom stereocenters. The predicted molar refractivity (Wildman–Crippen MR) is 92.7 cm³/mol. The van der Waals surface area contributed by atoms with Crippen molar-refractivity contribution in [3.05, 3.63) is 60.7 Å². The Morgan fingerprint density at radius 3 is 2.65 bits per heavy atom. The molecule has 0 saturated carbocycles. The second-order valence-electron chi connectivity index (χ2n) is 5.56. The van der Waals surface area contributed by atoms with E-state index in [4.69, 9.17) is 9.15 Å². The molecule has 0 unspecified atom stereocenters. The highest BCUT2D eigenvalue weighted by atomic mass is 16.5. The lowest BCUT2D eigenvalue weighted by atomic mass is 10.1. The summed E-state index contributed by atoms with van der Waals surface area (Å²) in [6.07, 6.45) is 1.01. The van der Waals surface area contributed by atoms with Crippen molar-refractivity contribution in [2.24, 2.45) is 0 Å². The van der Waals surface area contributed by atoms with Gasteiger partial charge in [0.25, 0.3) is 0 Å². The summed E-state index contributed by atoms with van der Waals surface area (Å²) in [5, 5.41) is 2.30. The van der Waals surface area contributed by atoms with E-state index in [0.29, 0.717) is 5.89 Å². The van der Waals surface area contributed by atoms with Crippen LogP contribution in [0, 0.1) is 0 Å². The molecule has 4 rings (SSSR count). The SMILES string of the molecule is CCCOc1ccc2cc(-c3nc4ccccc4o3)ccc2c1. The summed E-state index contributed by atoms with van der Waals surface area (Å²) in [6, 6.07) is 20.2. The van der Waals surface area contributed by atoms with Crippen molar-refractivity contribution >= 4 is 21.9 Å². The fraction of sp³-hybridized carbons (Fsp3) is 0.150. The van der Waals surface area contributed by atoms with Gasteiger partial charge >= 0.3 is 0 Å². The maximum atomic E-state index is 5.84. The summed E-state index contributed by atoms with van der Waals surface area (Å²) < 4.78 is 11.5. The van der Waals surface area contributed by atoms with Gasteiger partial charge in [-0.25, -0.2) is 4.98 Å².